The summed E-state index contributed by atoms with van der Waals surface area (Å²) in [7, 11) is 3.13. The number of benzene rings is 1. The molecule has 5 nitrogen and oxygen atoms in total. The zero-order valence-corrected chi connectivity index (χ0v) is 13.4. The minimum Gasteiger partial charge on any atom is -0.469 e. The molecule has 2 heterocycles. The van der Waals surface area contributed by atoms with Crippen molar-refractivity contribution in [2.24, 2.45) is 7.05 Å². The Balaban J connectivity index is 2.20. The number of pyridine rings is 1. The number of carbonyl (C=O) groups is 1. The number of nitrogens with zero attached hydrogens (tertiary/aromatic N) is 3. The molecule has 0 atom stereocenters. The van der Waals surface area contributed by atoms with Crippen LogP contribution in [0.4, 0.5) is 4.39 Å². The van der Waals surface area contributed by atoms with Crippen LogP contribution in [-0.4, -0.2) is 27.8 Å². The third-order valence-corrected chi connectivity index (χ3v) is 3.79. The molecule has 0 unspecified atom stereocenters. The van der Waals surface area contributed by atoms with Gasteiger partial charge in [-0.05, 0) is 42.0 Å². The van der Waals surface area contributed by atoms with Crippen molar-refractivity contribution in [1.82, 2.24) is 14.8 Å². The summed E-state index contributed by atoms with van der Waals surface area (Å²) in [6.07, 6.45) is 3.45. The molecular weight excluding hydrogens is 309 g/mol. The van der Waals surface area contributed by atoms with Crippen molar-refractivity contribution in [3.8, 4) is 22.4 Å². The molecule has 3 rings (SSSR count). The number of aromatic nitrogens is 3. The van der Waals surface area contributed by atoms with Gasteiger partial charge in [-0.25, -0.2) is 4.39 Å². The number of hydrogen-bond acceptors (Lipinski definition) is 4. The summed E-state index contributed by atoms with van der Waals surface area (Å²) in [5, 5.41) is 4.54. The third-order valence-electron chi connectivity index (χ3n) is 3.79. The Morgan fingerprint density at radius 2 is 1.79 bits per heavy atom. The van der Waals surface area contributed by atoms with Gasteiger partial charge in [0.25, 0.3) is 0 Å². The highest BCUT2D eigenvalue weighted by Gasteiger charge is 2.21. The average Bonchev–Trinajstić information content (AvgIpc) is 2.92. The molecule has 0 N–H and O–H groups in total. The van der Waals surface area contributed by atoms with Crippen molar-refractivity contribution in [2.75, 3.05) is 7.11 Å². The molecule has 122 valence electrons. The lowest BCUT2D eigenvalue weighted by Gasteiger charge is -2.07. The molecule has 0 aliphatic heterocycles. The topological polar surface area (TPSA) is 57.0 Å². The van der Waals surface area contributed by atoms with Crippen molar-refractivity contribution >= 4 is 5.97 Å². The van der Waals surface area contributed by atoms with Crippen molar-refractivity contribution in [3.05, 3.63) is 60.3 Å². The van der Waals surface area contributed by atoms with E-state index in [1.165, 1.54) is 19.2 Å². The van der Waals surface area contributed by atoms with Crippen LogP contribution in [0.15, 0.2) is 48.8 Å². The monoisotopic (exact) mass is 325 g/mol. The minimum absolute atomic E-state index is 0.0961. The maximum atomic E-state index is 13.2. The Morgan fingerprint density at radius 3 is 2.42 bits per heavy atom. The normalized spacial score (nSPS) is 10.6. The molecule has 0 fully saturated rings. The molecule has 0 saturated heterocycles. The summed E-state index contributed by atoms with van der Waals surface area (Å²) < 4.78 is 19.7. The van der Waals surface area contributed by atoms with Gasteiger partial charge in [-0.3, -0.25) is 14.5 Å². The maximum Gasteiger partial charge on any atom is 0.311 e. The fourth-order valence-electron chi connectivity index (χ4n) is 2.60. The molecule has 0 aliphatic rings. The smallest absolute Gasteiger partial charge is 0.311 e. The Kier molecular flexibility index (Phi) is 4.37. The first-order valence-corrected chi connectivity index (χ1v) is 7.39. The first kappa shape index (κ1) is 15.9. The Labute approximate surface area is 138 Å². The standard InChI is InChI=1S/C18H16FN3O2/c1-22-15(11-16(23)24-2)17(12-7-9-20-10-8-12)18(21-22)13-3-5-14(19)6-4-13/h3-10H,11H2,1-2H3. The Morgan fingerprint density at radius 1 is 1.12 bits per heavy atom. The Bertz CT molecular complexity index is 858. The van der Waals surface area contributed by atoms with Gasteiger partial charge >= 0.3 is 5.97 Å². The van der Waals surface area contributed by atoms with Crippen molar-refractivity contribution < 1.29 is 13.9 Å². The van der Waals surface area contributed by atoms with Crippen molar-refractivity contribution in [1.29, 1.82) is 0 Å². The van der Waals surface area contributed by atoms with E-state index in [1.807, 2.05) is 12.1 Å². The van der Waals surface area contributed by atoms with E-state index in [0.29, 0.717) is 5.69 Å². The van der Waals surface area contributed by atoms with E-state index in [4.69, 9.17) is 4.74 Å². The largest absolute Gasteiger partial charge is 0.469 e. The van der Waals surface area contributed by atoms with E-state index in [-0.39, 0.29) is 18.2 Å². The van der Waals surface area contributed by atoms with Crippen LogP contribution in [-0.2, 0) is 23.0 Å². The van der Waals surface area contributed by atoms with Gasteiger partial charge < -0.3 is 4.74 Å². The summed E-state index contributed by atoms with van der Waals surface area (Å²) in [6.45, 7) is 0. The first-order valence-electron chi connectivity index (χ1n) is 7.39. The van der Waals surface area contributed by atoms with E-state index in [0.717, 1.165) is 22.4 Å². The fourth-order valence-corrected chi connectivity index (χ4v) is 2.60. The summed E-state index contributed by atoms with van der Waals surface area (Å²) in [4.78, 5) is 15.8. The van der Waals surface area contributed by atoms with E-state index in [9.17, 15) is 9.18 Å². The molecule has 0 amide bonds. The van der Waals surface area contributed by atoms with Gasteiger partial charge in [0.2, 0.25) is 0 Å². The first-order chi connectivity index (χ1) is 11.6. The van der Waals surface area contributed by atoms with Gasteiger partial charge in [0, 0.05) is 30.6 Å². The molecule has 0 aliphatic carbocycles. The summed E-state index contributed by atoms with van der Waals surface area (Å²) in [5.41, 5.74) is 3.89. The lowest BCUT2D eigenvalue weighted by molar-refractivity contribution is -0.139. The number of rotatable bonds is 4. The van der Waals surface area contributed by atoms with Gasteiger partial charge in [-0.2, -0.15) is 5.10 Å². The van der Waals surface area contributed by atoms with Gasteiger partial charge in [-0.15, -0.1) is 0 Å². The van der Waals surface area contributed by atoms with Crippen molar-refractivity contribution in [2.45, 2.75) is 6.42 Å². The number of halogens is 1. The van der Waals surface area contributed by atoms with Crippen molar-refractivity contribution in [3.63, 3.8) is 0 Å². The molecule has 0 bridgehead atoms. The van der Waals surface area contributed by atoms with Gasteiger partial charge in [0.1, 0.15) is 11.5 Å². The lowest BCUT2D eigenvalue weighted by atomic mass is 9.98. The second-order valence-electron chi connectivity index (χ2n) is 5.29. The molecule has 0 radical (unpaired) electrons. The summed E-state index contributed by atoms with van der Waals surface area (Å²) in [5.74, 6) is -0.658. The zero-order valence-electron chi connectivity index (χ0n) is 13.4. The van der Waals surface area contributed by atoms with Crippen LogP contribution < -0.4 is 0 Å². The van der Waals surface area contributed by atoms with Crippen LogP contribution in [0.25, 0.3) is 22.4 Å². The van der Waals surface area contributed by atoms with E-state index in [2.05, 4.69) is 10.1 Å². The van der Waals surface area contributed by atoms with Gasteiger partial charge in [0.05, 0.1) is 19.2 Å². The fraction of sp³-hybridized carbons (Fsp3) is 0.167. The number of carbonyl (C=O) groups excluding carboxylic acids is 1. The Hall–Kier alpha value is -3.02. The molecule has 24 heavy (non-hydrogen) atoms. The van der Waals surface area contributed by atoms with Crippen LogP contribution in [0.3, 0.4) is 0 Å². The minimum atomic E-state index is -0.348. The number of hydrogen-bond donors (Lipinski definition) is 0. The second-order valence-corrected chi connectivity index (χ2v) is 5.29. The van der Waals surface area contributed by atoms with Gasteiger partial charge in [0.15, 0.2) is 0 Å². The maximum absolute atomic E-state index is 13.2. The number of aryl methyl sites for hydroxylation is 1. The van der Waals surface area contributed by atoms with E-state index < -0.39 is 0 Å². The molecule has 3 aromatic rings. The number of ether oxygens (including phenoxy) is 1. The lowest BCUT2D eigenvalue weighted by Crippen LogP contribution is -2.09. The molecular formula is C18H16FN3O2. The van der Waals surface area contributed by atoms with Gasteiger partial charge in [-0.1, -0.05) is 0 Å². The predicted molar refractivity (Wildman–Crippen MR) is 87.6 cm³/mol. The van der Waals surface area contributed by atoms with E-state index >= 15 is 0 Å². The highest BCUT2D eigenvalue weighted by molar-refractivity contribution is 5.85. The third kappa shape index (κ3) is 3.03. The number of methoxy groups -OCH3 is 1. The van der Waals surface area contributed by atoms with Crippen LogP contribution in [0.5, 0.6) is 0 Å². The highest BCUT2D eigenvalue weighted by atomic mass is 19.1. The summed E-state index contributed by atoms with van der Waals surface area (Å²) in [6, 6.07) is 9.82. The van der Waals surface area contributed by atoms with E-state index in [1.54, 1.807) is 36.3 Å². The quantitative estimate of drug-likeness (QED) is 0.692. The molecule has 1 aromatic carbocycles. The summed E-state index contributed by atoms with van der Waals surface area (Å²) >= 11 is 0. The molecule has 6 heteroatoms. The average molecular weight is 325 g/mol. The number of esters is 1. The second kappa shape index (κ2) is 6.62. The van der Waals surface area contributed by atoms with Crippen LogP contribution in [0.2, 0.25) is 0 Å². The SMILES string of the molecule is COC(=O)Cc1c(-c2ccncc2)c(-c2ccc(F)cc2)nn1C. The predicted octanol–water partition coefficient (Wildman–Crippen LogP) is 3.00. The molecule has 0 saturated carbocycles. The zero-order chi connectivity index (χ0) is 17.1. The van der Waals surface area contributed by atoms with Crippen LogP contribution >= 0.6 is 0 Å². The molecule has 0 spiro atoms. The molecule has 2 aromatic heterocycles. The van der Waals surface area contributed by atoms with Crippen LogP contribution in [0.1, 0.15) is 5.69 Å². The van der Waals surface area contributed by atoms with Crippen LogP contribution in [0, 0.1) is 5.82 Å². The highest BCUT2D eigenvalue weighted by Crippen LogP contribution is 2.34.